The molecule has 2 heterocycles. The van der Waals surface area contributed by atoms with E-state index < -0.39 is 17.9 Å². The summed E-state index contributed by atoms with van der Waals surface area (Å²) < 4.78 is 0. The van der Waals surface area contributed by atoms with Crippen LogP contribution < -0.4 is 5.32 Å². The third kappa shape index (κ3) is 3.46. The van der Waals surface area contributed by atoms with Gasteiger partial charge in [0.1, 0.15) is 6.04 Å². The molecule has 0 aromatic heterocycles. The van der Waals surface area contributed by atoms with E-state index in [4.69, 9.17) is 5.11 Å². The highest BCUT2D eigenvalue weighted by molar-refractivity contribution is 5.87. The highest BCUT2D eigenvalue weighted by Gasteiger charge is 2.36. The van der Waals surface area contributed by atoms with Crippen molar-refractivity contribution in [3.05, 3.63) is 0 Å². The van der Waals surface area contributed by atoms with Crippen LogP contribution in [0.5, 0.6) is 0 Å². The molecule has 7 heteroatoms. The van der Waals surface area contributed by atoms with Crippen molar-refractivity contribution in [3.63, 3.8) is 0 Å². The predicted octanol–water partition coefficient (Wildman–Crippen LogP) is 0.504. The zero-order valence-electron chi connectivity index (χ0n) is 12.4. The van der Waals surface area contributed by atoms with Gasteiger partial charge in [-0.15, -0.1) is 0 Å². The maximum atomic E-state index is 12.6. The number of likely N-dealkylation sites (tertiary alicyclic amines) is 2. The molecule has 0 aliphatic carbocycles. The smallest absolute Gasteiger partial charge is 0.320 e. The quantitative estimate of drug-likeness (QED) is 0.777. The van der Waals surface area contributed by atoms with Crippen molar-refractivity contribution in [2.24, 2.45) is 5.92 Å². The minimum atomic E-state index is -0.853. The minimum absolute atomic E-state index is 0.144. The van der Waals surface area contributed by atoms with Crippen molar-refractivity contribution < 1.29 is 19.5 Å². The Labute approximate surface area is 124 Å². The van der Waals surface area contributed by atoms with Crippen molar-refractivity contribution >= 4 is 17.9 Å². The van der Waals surface area contributed by atoms with Crippen molar-refractivity contribution in [1.29, 1.82) is 0 Å². The predicted molar refractivity (Wildman–Crippen MR) is 75.7 cm³/mol. The first-order valence-corrected chi connectivity index (χ1v) is 7.54. The van der Waals surface area contributed by atoms with E-state index in [2.05, 4.69) is 5.32 Å². The fourth-order valence-corrected chi connectivity index (χ4v) is 3.13. The molecule has 2 N–H and O–H groups in total. The van der Waals surface area contributed by atoms with E-state index in [-0.39, 0.29) is 18.5 Å². The molecular formula is C14H23N3O4. The number of carbonyl (C=O) groups is 3. The number of nitrogens with zero attached hydrogens (tertiary/aromatic N) is 2. The summed E-state index contributed by atoms with van der Waals surface area (Å²) in [6.45, 7) is 1.37. The molecule has 0 aromatic carbocycles. The summed E-state index contributed by atoms with van der Waals surface area (Å²) in [5.41, 5.74) is 0. The molecule has 0 spiro atoms. The lowest BCUT2D eigenvalue weighted by Crippen LogP contribution is -2.57. The fraction of sp³-hybridized carbons (Fsp3) is 0.786. The van der Waals surface area contributed by atoms with Gasteiger partial charge in [0.05, 0.1) is 5.92 Å². The highest BCUT2D eigenvalue weighted by Crippen LogP contribution is 2.22. The minimum Gasteiger partial charge on any atom is -0.481 e. The second-order valence-corrected chi connectivity index (χ2v) is 5.73. The molecule has 0 radical (unpaired) electrons. The van der Waals surface area contributed by atoms with Crippen molar-refractivity contribution in [1.82, 2.24) is 15.1 Å². The maximum Gasteiger partial charge on any atom is 0.320 e. The van der Waals surface area contributed by atoms with Crippen LogP contribution in [0, 0.1) is 5.92 Å². The molecule has 0 saturated carbocycles. The van der Waals surface area contributed by atoms with Gasteiger partial charge in [-0.05, 0) is 32.1 Å². The standard InChI is InChI=1S/C14H23N3O4/c1-15-12(18)11-6-2-3-8-17(11)14(21)16-7-4-5-10(9-16)13(19)20/h10-11H,2-9H2,1H3,(H,15,18)(H,19,20)/t10-,11?/m1/s1. The van der Waals surface area contributed by atoms with Gasteiger partial charge in [-0.2, -0.15) is 0 Å². The average molecular weight is 297 g/mol. The average Bonchev–Trinajstić information content (AvgIpc) is 2.53. The first kappa shape index (κ1) is 15.6. The summed E-state index contributed by atoms with van der Waals surface area (Å²) in [5.74, 6) is -1.49. The van der Waals surface area contributed by atoms with Gasteiger partial charge in [0.15, 0.2) is 0 Å². The van der Waals surface area contributed by atoms with Crippen LogP contribution in [-0.2, 0) is 9.59 Å². The number of carboxylic acids is 1. The number of hydrogen-bond acceptors (Lipinski definition) is 3. The Balaban J connectivity index is 2.06. The summed E-state index contributed by atoms with van der Waals surface area (Å²) in [6.07, 6.45) is 3.79. The number of nitrogens with one attached hydrogen (secondary N) is 1. The second kappa shape index (κ2) is 6.78. The summed E-state index contributed by atoms with van der Waals surface area (Å²) in [7, 11) is 1.57. The largest absolute Gasteiger partial charge is 0.481 e. The molecule has 7 nitrogen and oxygen atoms in total. The summed E-state index contributed by atoms with van der Waals surface area (Å²) in [6, 6.07) is -0.629. The van der Waals surface area contributed by atoms with Gasteiger partial charge in [-0.25, -0.2) is 4.79 Å². The monoisotopic (exact) mass is 297 g/mol. The number of likely N-dealkylation sites (N-methyl/N-ethyl adjacent to an activating group) is 1. The molecule has 21 heavy (non-hydrogen) atoms. The van der Waals surface area contributed by atoms with Crippen LogP contribution in [0.2, 0.25) is 0 Å². The zero-order chi connectivity index (χ0) is 15.4. The molecule has 0 bridgehead atoms. The van der Waals surface area contributed by atoms with Crippen LogP contribution in [0.25, 0.3) is 0 Å². The number of rotatable bonds is 2. The Kier molecular flexibility index (Phi) is 5.03. The van der Waals surface area contributed by atoms with Crippen LogP contribution in [0.1, 0.15) is 32.1 Å². The van der Waals surface area contributed by atoms with Gasteiger partial charge in [-0.3, -0.25) is 9.59 Å². The second-order valence-electron chi connectivity index (χ2n) is 5.73. The Hall–Kier alpha value is -1.79. The molecule has 118 valence electrons. The topological polar surface area (TPSA) is 90.0 Å². The number of aliphatic carboxylic acids is 1. The number of piperidine rings is 2. The van der Waals surface area contributed by atoms with Gasteiger partial charge in [0, 0.05) is 26.7 Å². The molecule has 2 fully saturated rings. The lowest BCUT2D eigenvalue weighted by atomic mass is 9.98. The van der Waals surface area contributed by atoms with E-state index in [1.54, 1.807) is 16.8 Å². The maximum absolute atomic E-state index is 12.6. The number of carboxylic acid groups (broad SMARTS) is 1. The van der Waals surface area contributed by atoms with Crippen LogP contribution in [0.15, 0.2) is 0 Å². The van der Waals surface area contributed by atoms with E-state index in [0.29, 0.717) is 32.4 Å². The molecule has 2 rings (SSSR count). The first-order valence-electron chi connectivity index (χ1n) is 7.54. The van der Waals surface area contributed by atoms with Crippen LogP contribution in [0.3, 0.4) is 0 Å². The number of hydrogen-bond donors (Lipinski definition) is 2. The SMILES string of the molecule is CNC(=O)C1CCCCN1C(=O)N1CCC[C@@H](C(=O)O)C1. The Morgan fingerprint density at radius 1 is 1.10 bits per heavy atom. The third-order valence-corrected chi connectivity index (χ3v) is 4.34. The first-order chi connectivity index (χ1) is 10.0. The van der Waals surface area contributed by atoms with E-state index in [0.717, 1.165) is 12.8 Å². The Bertz CT molecular complexity index is 426. The fourth-order valence-electron chi connectivity index (χ4n) is 3.13. The summed E-state index contributed by atoms with van der Waals surface area (Å²) in [5, 5.41) is 11.7. The Morgan fingerprint density at radius 3 is 2.52 bits per heavy atom. The van der Waals surface area contributed by atoms with Gasteiger partial charge in [0.25, 0.3) is 0 Å². The van der Waals surface area contributed by atoms with Gasteiger partial charge >= 0.3 is 12.0 Å². The van der Waals surface area contributed by atoms with Gasteiger partial charge in [0.2, 0.25) is 5.91 Å². The number of amides is 3. The molecule has 3 amide bonds. The lowest BCUT2D eigenvalue weighted by molar-refractivity contribution is -0.143. The van der Waals surface area contributed by atoms with E-state index in [9.17, 15) is 14.4 Å². The molecule has 2 aliphatic heterocycles. The van der Waals surface area contributed by atoms with Crippen molar-refractivity contribution in [3.8, 4) is 0 Å². The van der Waals surface area contributed by atoms with Crippen LogP contribution >= 0.6 is 0 Å². The van der Waals surface area contributed by atoms with Crippen LogP contribution in [0.4, 0.5) is 4.79 Å². The summed E-state index contributed by atoms with van der Waals surface area (Å²) >= 11 is 0. The third-order valence-electron chi connectivity index (χ3n) is 4.34. The lowest BCUT2D eigenvalue weighted by Gasteiger charge is -2.40. The van der Waals surface area contributed by atoms with E-state index in [1.165, 1.54) is 0 Å². The van der Waals surface area contributed by atoms with Crippen molar-refractivity contribution in [2.75, 3.05) is 26.7 Å². The van der Waals surface area contributed by atoms with Gasteiger partial charge in [-0.1, -0.05) is 0 Å². The number of urea groups is 1. The molecule has 2 aliphatic rings. The van der Waals surface area contributed by atoms with E-state index >= 15 is 0 Å². The van der Waals surface area contributed by atoms with Crippen molar-refractivity contribution in [2.45, 2.75) is 38.1 Å². The highest BCUT2D eigenvalue weighted by atomic mass is 16.4. The van der Waals surface area contributed by atoms with Crippen LogP contribution in [-0.4, -0.2) is 65.5 Å². The molecule has 2 saturated heterocycles. The molecule has 2 atom stereocenters. The van der Waals surface area contributed by atoms with E-state index in [1.807, 2.05) is 0 Å². The zero-order valence-corrected chi connectivity index (χ0v) is 12.4. The Morgan fingerprint density at radius 2 is 1.86 bits per heavy atom. The number of carbonyl (C=O) groups excluding carboxylic acids is 2. The van der Waals surface area contributed by atoms with Gasteiger partial charge < -0.3 is 20.2 Å². The summed E-state index contributed by atoms with van der Waals surface area (Å²) in [4.78, 5) is 38.8. The molecular weight excluding hydrogens is 274 g/mol. The molecule has 1 unspecified atom stereocenters. The molecule has 0 aromatic rings. The normalized spacial score (nSPS) is 26.3.